The predicted molar refractivity (Wildman–Crippen MR) is 114 cm³/mol. The average Bonchev–Trinajstić information content (AvgIpc) is 3.00. The van der Waals surface area contributed by atoms with Gasteiger partial charge in [-0.15, -0.1) is 0 Å². The molecule has 0 radical (unpaired) electrons. The first kappa shape index (κ1) is 22.4. The van der Waals surface area contributed by atoms with E-state index in [4.69, 9.17) is 4.74 Å². The Hall–Kier alpha value is -1.79. The lowest BCUT2D eigenvalue weighted by Gasteiger charge is -2.59. The van der Waals surface area contributed by atoms with Gasteiger partial charge in [-0.2, -0.15) is 0 Å². The normalized spacial score (nSPS) is 43.5. The number of fused-ring (bicyclic) bond motifs is 5. The number of ketones is 2. The maximum absolute atomic E-state index is 13.1. The van der Waals surface area contributed by atoms with Gasteiger partial charge in [-0.3, -0.25) is 14.4 Å². The zero-order valence-electron chi connectivity index (χ0n) is 18.7. The van der Waals surface area contributed by atoms with Crippen LogP contribution in [0.3, 0.4) is 0 Å². The summed E-state index contributed by atoms with van der Waals surface area (Å²) >= 11 is 0. The number of aliphatic hydroxyl groups excluding tert-OH is 2. The van der Waals surface area contributed by atoms with Crippen molar-refractivity contribution in [1.82, 2.24) is 0 Å². The summed E-state index contributed by atoms with van der Waals surface area (Å²) in [7, 11) is 0. The highest BCUT2D eigenvalue weighted by molar-refractivity contribution is 5.93. The summed E-state index contributed by atoms with van der Waals surface area (Å²) in [6.07, 6.45) is 8.53. The Morgan fingerprint density at radius 3 is 2.68 bits per heavy atom. The minimum Gasteiger partial charge on any atom is -0.450 e. The van der Waals surface area contributed by atoms with Gasteiger partial charge in [0.05, 0.1) is 6.10 Å². The molecule has 2 fully saturated rings. The van der Waals surface area contributed by atoms with Gasteiger partial charge in [0.1, 0.15) is 6.61 Å². The Morgan fingerprint density at radius 1 is 1.26 bits per heavy atom. The van der Waals surface area contributed by atoms with E-state index >= 15 is 0 Å². The maximum Gasteiger partial charge on any atom is 0.306 e. The fourth-order valence-electron chi connectivity index (χ4n) is 7.38. The topological polar surface area (TPSA) is 101 Å². The molecular formula is C25H34O6. The van der Waals surface area contributed by atoms with Gasteiger partial charge in [0.2, 0.25) is 5.78 Å². The Bertz CT molecular complexity index is 858. The molecule has 6 heteroatoms. The van der Waals surface area contributed by atoms with Gasteiger partial charge >= 0.3 is 5.97 Å². The number of aliphatic hydroxyl groups is 2. The van der Waals surface area contributed by atoms with E-state index in [-0.39, 0.29) is 35.4 Å². The van der Waals surface area contributed by atoms with Gasteiger partial charge in [-0.05, 0) is 61.0 Å². The number of carbonyl (C=O) groups excluding carboxylic acids is 3. The summed E-state index contributed by atoms with van der Waals surface area (Å²) in [4.78, 5) is 37.6. The number of Topliss-reactive ketones (excluding diaryl/α,β-unsaturated/α-hetero) is 1. The minimum atomic E-state index is -1.40. The van der Waals surface area contributed by atoms with Crippen molar-refractivity contribution in [1.29, 1.82) is 0 Å². The molecule has 170 valence electrons. The molecule has 31 heavy (non-hydrogen) atoms. The summed E-state index contributed by atoms with van der Waals surface area (Å²) < 4.78 is 5.90. The lowest BCUT2D eigenvalue weighted by molar-refractivity contribution is -0.197. The Labute approximate surface area is 183 Å². The molecule has 0 saturated heterocycles. The van der Waals surface area contributed by atoms with Crippen LogP contribution in [0.1, 0.15) is 65.7 Å². The van der Waals surface area contributed by atoms with Crippen LogP contribution in [0.15, 0.2) is 23.8 Å². The molecule has 4 aliphatic rings. The zero-order chi connectivity index (χ0) is 22.6. The third-order valence-corrected chi connectivity index (χ3v) is 8.91. The molecule has 7 atom stereocenters. The third kappa shape index (κ3) is 3.09. The quantitative estimate of drug-likeness (QED) is 0.651. The van der Waals surface area contributed by atoms with E-state index < -0.39 is 35.5 Å². The molecule has 0 unspecified atom stereocenters. The van der Waals surface area contributed by atoms with Gasteiger partial charge in [-0.1, -0.05) is 32.9 Å². The SMILES string of the molecule is CCCC(=O)O[C@]1(C(=O)CO)CC[C@H]2[C@@H]3C=CC4=CC(=O)CC[C@]4(C)[C@H]3[C@@H](O)C[C@@]21C. The smallest absolute Gasteiger partial charge is 0.306 e. The van der Waals surface area contributed by atoms with E-state index in [1.807, 2.05) is 19.9 Å². The highest BCUT2D eigenvalue weighted by Gasteiger charge is 2.69. The molecule has 2 N–H and O–H groups in total. The fraction of sp³-hybridized carbons (Fsp3) is 0.720. The summed E-state index contributed by atoms with van der Waals surface area (Å²) in [5, 5.41) is 21.2. The molecule has 0 amide bonds. The molecule has 0 bridgehead atoms. The highest BCUT2D eigenvalue weighted by Crippen LogP contribution is 2.67. The first-order chi connectivity index (χ1) is 14.6. The van der Waals surface area contributed by atoms with Gasteiger partial charge in [0, 0.05) is 24.2 Å². The van der Waals surface area contributed by atoms with Crippen LogP contribution >= 0.6 is 0 Å². The molecule has 0 aromatic rings. The van der Waals surface area contributed by atoms with Gasteiger partial charge in [-0.25, -0.2) is 0 Å². The lowest BCUT2D eigenvalue weighted by atomic mass is 9.47. The van der Waals surface area contributed by atoms with Crippen molar-refractivity contribution >= 4 is 17.5 Å². The van der Waals surface area contributed by atoms with Crippen molar-refractivity contribution in [2.75, 3.05) is 6.61 Å². The van der Waals surface area contributed by atoms with Gasteiger partial charge < -0.3 is 14.9 Å². The van der Waals surface area contributed by atoms with Gasteiger partial charge in [0.15, 0.2) is 11.4 Å². The molecular weight excluding hydrogens is 396 g/mol. The molecule has 0 aromatic carbocycles. The number of hydrogen-bond acceptors (Lipinski definition) is 6. The molecule has 4 rings (SSSR count). The van der Waals surface area contributed by atoms with Crippen LogP contribution in [0, 0.1) is 28.6 Å². The largest absolute Gasteiger partial charge is 0.450 e. The van der Waals surface area contributed by atoms with Crippen LogP contribution in [0.4, 0.5) is 0 Å². The summed E-state index contributed by atoms with van der Waals surface area (Å²) in [5.41, 5.74) is -1.47. The first-order valence-electron chi connectivity index (χ1n) is 11.6. The van der Waals surface area contributed by atoms with E-state index in [0.717, 1.165) is 5.57 Å². The molecule has 0 heterocycles. The Morgan fingerprint density at radius 2 is 2.00 bits per heavy atom. The second kappa shape index (κ2) is 7.66. The van der Waals surface area contributed by atoms with E-state index in [1.165, 1.54) is 0 Å². The zero-order valence-corrected chi connectivity index (χ0v) is 18.7. The Balaban J connectivity index is 1.76. The van der Waals surface area contributed by atoms with Crippen LogP contribution in [0.5, 0.6) is 0 Å². The monoisotopic (exact) mass is 430 g/mol. The van der Waals surface area contributed by atoms with Crippen molar-refractivity contribution in [3.8, 4) is 0 Å². The number of rotatable bonds is 5. The number of ether oxygens (including phenoxy) is 1. The Kier molecular flexibility index (Phi) is 5.54. The van der Waals surface area contributed by atoms with Crippen molar-refractivity contribution in [3.05, 3.63) is 23.8 Å². The number of esters is 1. The summed E-state index contributed by atoms with van der Waals surface area (Å²) in [6, 6.07) is 0. The van der Waals surface area contributed by atoms with Crippen molar-refractivity contribution < 1.29 is 29.3 Å². The number of allylic oxidation sites excluding steroid dienone is 4. The molecule has 2 saturated carbocycles. The summed E-state index contributed by atoms with van der Waals surface area (Å²) in [6.45, 7) is 5.28. The van der Waals surface area contributed by atoms with Crippen LogP contribution in [-0.4, -0.2) is 46.1 Å². The fourth-order valence-corrected chi connectivity index (χ4v) is 7.38. The highest BCUT2D eigenvalue weighted by atomic mass is 16.6. The standard InChI is InChI=1S/C25H34O6/c1-4-5-21(30)31-25(20(29)14-26)11-9-18-17-7-6-15-12-16(27)8-10-23(15,2)22(17)19(28)13-24(18,25)3/h6-7,12,17-19,22,26,28H,4-5,8-11,13-14H2,1-3H3/t17-,18-,19-,22+,23-,24-,25-/m0/s1. The minimum absolute atomic E-state index is 0.0161. The maximum atomic E-state index is 13.1. The molecule has 6 nitrogen and oxygen atoms in total. The van der Waals surface area contributed by atoms with Crippen molar-refractivity contribution in [2.24, 2.45) is 28.6 Å². The second-order valence-electron chi connectivity index (χ2n) is 10.4. The first-order valence-corrected chi connectivity index (χ1v) is 11.6. The van der Waals surface area contributed by atoms with Crippen LogP contribution in [0.25, 0.3) is 0 Å². The van der Waals surface area contributed by atoms with E-state index in [0.29, 0.717) is 38.5 Å². The third-order valence-electron chi connectivity index (χ3n) is 8.91. The summed E-state index contributed by atoms with van der Waals surface area (Å²) in [5.74, 6) is -0.768. The number of carbonyl (C=O) groups is 3. The van der Waals surface area contributed by atoms with Crippen LogP contribution < -0.4 is 0 Å². The van der Waals surface area contributed by atoms with Crippen molar-refractivity contribution in [2.45, 2.75) is 77.4 Å². The number of hydrogen-bond donors (Lipinski definition) is 2. The molecule has 4 aliphatic carbocycles. The van der Waals surface area contributed by atoms with E-state index in [2.05, 4.69) is 13.0 Å². The van der Waals surface area contributed by atoms with Crippen LogP contribution in [0.2, 0.25) is 0 Å². The lowest BCUT2D eigenvalue weighted by Crippen LogP contribution is -2.62. The van der Waals surface area contributed by atoms with E-state index in [1.54, 1.807) is 6.08 Å². The van der Waals surface area contributed by atoms with Gasteiger partial charge in [0.25, 0.3) is 0 Å². The molecule has 0 aromatic heterocycles. The second-order valence-corrected chi connectivity index (χ2v) is 10.4. The molecule has 0 aliphatic heterocycles. The van der Waals surface area contributed by atoms with E-state index in [9.17, 15) is 24.6 Å². The van der Waals surface area contributed by atoms with Crippen LogP contribution in [-0.2, 0) is 19.1 Å². The van der Waals surface area contributed by atoms with Crippen molar-refractivity contribution in [3.63, 3.8) is 0 Å². The molecule has 0 spiro atoms. The average molecular weight is 431 g/mol. The predicted octanol–water partition coefficient (Wildman–Crippen LogP) is 2.91.